The Hall–Kier alpha value is -2.06. The maximum Gasteiger partial charge on any atom is 0.416 e. The fourth-order valence-corrected chi connectivity index (χ4v) is 5.06. The topological polar surface area (TPSA) is 33.2 Å². The largest absolute Gasteiger partial charge is 0.416 e. The lowest BCUT2D eigenvalue weighted by Gasteiger charge is -2.23. The number of rotatable bonds is 2. The van der Waals surface area contributed by atoms with E-state index < -0.39 is 11.7 Å². The highest BCUT2D eigenvalue weighted by Gasteiger charge is 2.34. The molecule has 1 fully saturated rings. The number of para-hydroxylation sites is 1. The van der Waals surface area contributed by atoms with Crippen LogP contribution in [0.5, 0.6) is 0 Å². The van der Waals surface area contributed by atoms with E-state index >= 15 is 0 Å². The minimum absolute atomic E-state index is 0.180. The highest BCUT2D eigenvalue weighted by molar-refractivity contribution is 7.99. The van der Waals surface area contributed by atoms with Crippen LogP contribution in [0.4, 0.5) is 13.2 Å². The van der Waals surface area contributed by atoms with Crippen LogP contribution < -0.4 is 0 Å². The lowest BCUT2D eigenvalue weighted by atomic mass is 10.1. The summed E-state index contributed by atoms with van der Waals surface area (Å²) in [5.41, 5.74) is 0.780. The van der Waals surface area contributed by atoms with Crippen molar-refractivity contribution in [1.82, 2.24) is 9.88 Å². The van der Waals surface area contributed by atoms with Gasteiger partial charge in [-0.1, -0.05) is 24.3 Å². The zero-order valence-electron chi connectivity index (χ0n) is 13.4. The van der Waals surface area contributed by atoms with Crippen LogP contribution in [-0.4, -0.2) is 28.1 Å². The van der Waals surface area contributed by atoms with Gasteiger partial charge in [0.05, 0.1) is 15.8 Å². The second-order valence-corrected chi connectivity index (χ2v) is 8.05. The second-order valence-electron chi connectivity index (χ2n) is 5.83. The lowest BCUT2D eigenvalue weighted by Crippen LogP contribution is -2.30. The van der Waals surface area contributed by atoms with Crippen molar-refractivity contribution in [1.29, 1.82) is 0 Å². The van der Waals surface area contributed by atoms with Crippen LogP contribution in [0, 0.1) is 0 Å². The number of nitrogens with zero attached hydrogens (tertiary/aromatic N) is 2. The van der Waals surface area contributed by atoms with E-state index in [-0.39, 0.29) is 11.3 Å². The summed E-state index contributed by atoms with van der Waals surface area (Å²) in [5, 5.41) is 0.113. The highest BCUT2D eigenvalue weighted by atomic mass is 32.2. The molecule has 0 bridgehead atoms. The molecule has 1 aliphatic heterocycles. The highest BCUT2D eigenvalue weighted by Crippen LogP contribution is 2.40. The number of hydrogen-bond donors (Lipinski definition) is 0. The predicted octanol–water partition coefficient (Wildman–Crippen LogP) is 5.20. The van der Waals surface area contributed by atoms with Gasteiger partial charge < -0.3 is 4.90 Å². The van der Waals surface area contributed by atoms with E-state index in [4.69, 9.17) is 0 Å². The molecular weight excluding hydrogens is 381 g/mol. The van der Waals surface area contributed by atoms with E-state index in [0.29, 0.717) is 17.1 Å². The molecule has 0 aliphatic carbocycles. The minimum atomic E-state index is -4.36. The number of thiazole rings is 1. The van der Waals surface area contributed by atoms with Crippen molar-refractivity contribution >= 4 is 39.2 Å². The summed E-state index contributed by atoms with van der Waals surface area (Å²) in [5.74, 6) is 0.559. The van der Waals surface area contributed by atoms with Crippen molar-refractivity contribution in [2.24, 2.45) is 0 Å². The van der Waals surface area contributed by atoms with Crippen LogP contribution in [0.25, 0.3) is 10.2 Å². The number of alkyl halides is 3. The normalized spacial score (nSPS) is 17.8. The molecule has 1 aliphatic rings. The molecule has 1 unspecified atom stereocenters. The first kappa shape index (κ1) is 17.4. The zero-order chi connectivity index (χ0) is 18.3. The molecule has 2 heterocycles. The number of amides is 1. The molecule has 1 amide bonds. The maximum atomic E-state index is 12.9. The summed E-state index contributed by atoms with van der Waals surface area (Å²) < 4.78 is 39.2. The quantitative estimate of drug-likeness (QED) is 0.599. The van der Waals surface area contributed by atoms with Gasteiger partial charge in [0.25, 0.3) is 5.91 Å². The molecule has 0 spiro atoms. The van der Waals surface area contributed by atoms with Gasteiger partial charge in [-0.15, -0.1) is 23.1 Å². The van der Waals surface area contributed by atoms with Crippen molar-refractivity contribution < 1.29 is 18.0 Å². The van der Waals surface area contributed by atoms with Gasteiger partial charge in [-0.3, -0.25) is 4.79 Å². The molecule has 2 aromatic carbocycles. The van der Waals surface area contributed by atoms with E-state index in [2.05, 4.69) is 4.98 Å². The summed E-state index contributed by atoms with van der Waals surface area (Å²) >= 11 is 2.88. The zero-order valence-corrected chi connectivity index (χ0v) is 15.0. The van der Waals surface area contributed by atoms with Gasteiger partial charge in [-0.05, 0) is 29.8 Å². The number of fused-ring (bicyclic) bond motifs is 1. The van der Waals surface area contributed by atoms with Crippen LogP contribution in [-0.2, 0) is 6.18 Å². The number of halogens is 3. The van der Waals surface area contributed by atoms with Crippen molar-refractivity contribution in [3.63, 3.8) is 0 Å². The standard InChI is InChI=1S/C18H13F3N2OS2/c19-18(20,21)12-7-5-11(6-8-12)17-23(9-10-25-17)16(24)15-22-13-3-1-2-4-14(13)26-15/h1-8,17H,9-10H2. The molecule has 8 heteroatoms. The smallest absolute Gasteiger partial charge is 0.320 e. The molecular formula is C18H13F3N2OS2. The number of aromatic nitrogens is 1. The molecule has 4 rings (SSSR count). The average molecular weight is 394 g/mol. The first-order chi connectivity index (χ1) is 12.4. The van der Waals surface area contributed by atoms with Crippen LogP contribution in [0.15, 0.2) is 48.5 Å². The number of thioether (sulfide) groups is 1. The summed E-state index contributed by atoms with van der Waals surface area (Å²) in [7, 11) is 0. The van der Waals surface area contributed by atoms with E-state index in [1.54, 1.807) is 16.7 Å². The molecule has 1 aromatic heterocycles. The first-order valence-electron chi connectivity index (χ1n) is 7.89. The molecule has 0 saturated carbocycles. The van der Waals surface area contributed by atoms with Crippen LogP contribution in [0.1, 0.15) is 26.3 Å². The fraction of sp³-hybridized carbons (Fsp3) is 0.222. The summed E-state index contributed by atoms with van der Waals surface area (Å²) in [6.07, 6.45) is -4.36. The summed E-state index contributed by atoms with van der Waals surface area (Å²) in [4.78, 5) is 19.0. The van der Waals surface area contributed by atoms with Crippen LogP contribution in [0.3, 0.4) is 0 Å². The Balaban J connectivity index is 1.60. The Morgan fingerprint density at radius 2 is 1.85 bits per heavy atom. The minimum Gasteiger partial charge on any atom is -0.320 e. The molecule has 134 valence electrons. The Bertz CT molecular complexity index is 920. The molecule has 3 aromatic rings. The van der Waals surface area contributed by atoms with Crippen LogP contribution >= 0.6 is 23.1 Å². The fourth-order valence-electron chi connectivity index (χ4n) is 2.88. The number of hydrogen-bond acceptors (Lipinski definition) is 4. The average Bonchev–Trinajstić information content (AvgIpc) is 3.27. The molecule has 1 atom stereocenters. The van der Waals surface area contributed by atoms with Gasteiger partial charge in [0, 0.05) is 12.3 Å². The van der Waals surface area contributed by atoms with Gasteiger partial charge in [0.15, 0.2) is 5.01 Å². The van der Waals surface area contributed by atoms with Gasteiger partial charge in [-0.25, -0.2) is 4.98 Å². The van der Waals surface area contributed by atoms with Crippen molar-refractivity contribution in [2.75, 3.05) is 12.3 Å². The monoisotopic (exact) mass is 394 g/mol. The van der Waals surface area contributed by atoms with Crippen molar-refractivity contribution in [3.05, 3.63) is 64.7 Å². The van der Waals surface area contributed by atoms with Crippen LogP contribution in [0.2, 0.25) is 0 Å². The molecule has 1 saturated heterocycles. The molecule has 0 N–H and O–H groups in total. The number of carbonyl (C=O) groups excluding carboxylic acids is 1. The molecule has 0 radical (unpaired) electrons. The maximum absolute atomic E-state index is 12.9. The Morgan fingerprint density at radius 3 is 2.54 bits per heavy atom. The Kier molecular flexibility index (Phi) is 4.40. The van der Waals surface area contributed by atoms with E-state index in [1.165, 1.54) is 23.5 Å². The van der Waals surface area contributed by atoms with E-state index in [9.17, 15) is 18.0 Å². The predicted molar refractivity (Wildman–Crippen MR) is 97.3 cm³/mol. The molecule has 26 heavy (non-hydrogen) atoms. The molecule has 3 nitrogen and oxygen atoms in total. The SMILES string of the molecule is O=C(c1nc2ccccc2s1)N1CCSC1c1ccc(C(F)(F)F)cc1. The second kappa shape index (κ2) is 6.59. The van der Waals surface area contributed by atoms with E-state index in [0.717, 1.165) is 28.1 Å². The first-order valence-corrected chi connectivity index (χ1v) is 9.75. The van der Waals surface area contributed by atoms with Gasteiger partial charge in [0.1, 0.15) is 5.37 Å². The summed E-state index contributed by atoms with van der Waals surface area (Å²) in [6.45, 7) is 0.547. The third kappa shape index (κ3) is 3.19. The third-order valence-electron chi connectivity index (χ3n) is 4.15. The van der Waals surface area contributed by atoms with Gasteiger partial charge >= 0.3 is 6.18 Å². The van der Waals surface area contributed by atoms with Gasteiger partial charge in [0.2, 0.25) is 0 Å². The van der Waals surface area contributed by atoms with Crippen molar-refractivity contribution in [2.45, 2.75) is 11.6 Å². The van der Waals surface area contributed by atoms with Gasteiger partial charge in [-0.2, -0.15) is 13.2 Å². The Labute approximate surface area is 155 Å². The lowest BCUT2D eigenvalue weighted by molar-refractivity contribution is -0.137. The number of benzene rings is 2. The van der Waals surface area contributed by atoms with E-state index in [1.807, 2.05) is 24.3 Å². The Morgan fingerprint density at radius 1 is 1.12 bits per heavy atom. The third-order valence-corrected chi connectivity index (χ3v) is 6.44. The number of carbonyl (C=O) groups is 1. The van der Waals surface area contributed by atoms with Crippen molar-refractivity contribution in [3.8, 4) is 0 Å². The summed E-state index contributed by atoms with van der Waals surface area (Å²) in [6, 6.07) is 12.6.